The third-order valence-electron chi connectivity index (χ3n) is 5.30. The fraction of sp³-hybridized carbons (Fsp3) is 0.316. The van der Waals surface area contributed by atoms with Gasteiger partial charge in [-0.2, -0.15) is 0 Å². The Kier molecular flexibility index (Phi) is 3.51. The number of pyridine rings is 1. The number of anilines is 1. The molecule has 1 saturated carbocycles. The lowest BCUT2D eigenvalue weighted by molar-refractivity contribution is 0.248. The number of ether oxygens (including phenoxy) is 1. The number of nitrogen functional groups attached to an aromatic ring is 1. The van der Waals surface area contributed by atoms with Gasteiger partial charge >= 0.3 is 0 Å². The summed E-state index contributed by atoms with van der Waals surface area (Å²) >= 11 is 0. The van der Waals surface area contributed by atoms with Crippen LogP contribution in [0.25, 0.3) is 16.7 Å². The molecule has 0 aromatic carbocycles. The highest BCUT2D eigenvalue weighted by atomic mass is 16.5. The Morgan fingerprint density at radius 1 is 1.12 bits per heavy atom. The maximum absolute atomic E-state index is 6.03. The van der Waals surface area contributed by atoms with Gasteiger partial charge in [-0.1, -0.05) is 0 Å². The van der Waals surface area contributed by atoms with E-state index in [0.717, 1.165) is 48.3 Å². The van der Waals surface area contributed by atoms with Crippen molar-refractivity contribution in [3.05, 3.63) is 49.3 Å². The number of fused-ring (bicyclic) bond motifs is 2. The summed E-state index contributed by atoms with van der Waals surface area (Å²) in [5.74, 6) is 1.95. The van der Waals surface area contributed by atoms with E-state index in [2.05, 4.69) is 25.7 Å². The fourth-order valence-corrected chi connectivity index (χ4v) is 3.93. The molecule has 1 aliphatic rings. The minimum absolute atomic E-state index is 0.435. The molecule has 0 spiro atoms. The van der Waals surface area contributed by atoms with Gasteiger partial charge in [0.1, 0.15) is 29.2 Å². The van der Waals surface area contributed by atoms with Crippen LogP contribution in [-0.4, -0.2) is 30.5 Å². The van der Waals surface area contributed by atoms with E-state index in [4.69, 9.17) is 10.5 Å². The van der Waals surface area contributed by atoms with Crippen LogP contribution in [0.3, 0.4) is 0 Å². The summed E-state index contributed by atoms with van der Waals surface area (Å²) in [7, 11) is 0. The van der Waals surface area contributed by atoms with Crippen molar-refractivity contribution >= 4 is 22.5 Å². The molecule has 2 N–H and O–H groups in total. The van der Waals surface area contributed by atoms with Gasteiger partial charge in [0.05, 0.1) is 12.0 Å². The highest BCUT2D eigenvalue weighted by molar-refractivity contribution is 5.86. The van der Waals surface area contributed by atoms with Gasteiger partial charge in [0, 0.05) is 36.9 Å². The van der Waals surface area contributed by atoms with Crippen molar-refractivity contribution in [1.29, 1.82) is 0 Å². The molecule has 1 aliphatic carbocycles. The SMILES string of the molecule is Nc1ncnc2c1ccn2C1CCC(COc2ccn3ccnc3c2)C1. The van der Waals surface area contributed by atoms with Crippen LogP contribution in [-0.2, 0) is 0 Å². The molecule has 0 aliphatic heterocycles. The van der Waals surface area contributed by atoms with Crippen molar-refractivity contribution in [3.8, 4) is 5.75 Å². The molecule has 0 saturated heterocycles. The second kappa shape index (κ2) is 6.01. The monoisotopic (exact) mass is 348 g/mol. The molecule has 1 fully saturated rings. The van der Waals surface area contributed by atoms with Crippen LogP contribution in [0.2, 0.25) is 0 Å². The van der Waals surface area contributed by atoms with E-state index in [1.807, 2.05) is 35.0 Å². The van der Waals surface area contributed by atoms with Crippen molar-refractivity contribution < 1.29 is 4.74 Å². The van der Waals surface area contributed by atoms with Crippen LogP contribution >= 0.6 is 0 Å². The van der Waals surface area contributed by atoms with Gasteiger partial charge in [-0.3, -0.25) is 0 Å². The summed E-state index contributed by atoms with van der Waals surface area (Å²) in [5.41, 5.74) is 7.78. The minimum atomic E-state index is 0.435. The molecule has 4 aromatic rings. The van der Waals surface area contributed by atoms with E-state index in [0.29, 0.717) is 17.8 Å². The third kappa shape index (κ3) is 2.56. The molecule has 2 atom stereocenters. The molecular weight excluding hydrogens is 328 g/mol. The first-order valence-electron chi connectivity index (χ1n) is 8.90. The second-order valence-corrected chi connectivity index (χ2v) is 6.92. The van der Waals surface area contributed by atoms with Gasteiger partial charge in [0.2, 0.25) is 0 Å². The topological polar surface area (TPSA) is 83.3 Å². The number of hydrogen-bond donors (Lipinski definition) is 1. The fourth-order valence-electron chi connectivity index (χ4n) is 3.93. The normalized spacial score (nSPS) is 20.2. The first kappa shape index (κ1) is 15.2. The first-order chi connectivity index (χ1) is 12.8. The summed E-state index contributed by atoms with van der Waals surface area (Å²) in [6, 6.07) is 6.41. The zero-order chi connectivity index (χ0) is 17.5. The first-order valence-corrected chi connectivity index (χ1v) is 8.90. The van der Waals surface area contributed by atoms with Crippen LogP contribution in [0, 0.1) is 5.92 Å². The van der Waals surface area contributed by atoms with Crippen LogP contribution in [0.4, 0.5) is 5.82 Å². The largest absolute Gasteiger partial charge is 0.493 e. The van der Waals surface area contributed by atoms with E-state index in [1.165, 1.54) is 6.33 Å². The van der Waals surface area contributed by atoms with Crippen LogP contribution in [0.1, 0.15) is 25.3 Å². The van der Waals surface area contributed by atoms with E-state index in [1.54, 1.807) is 6.20 Å². The molecule has 0 amide bonds. The predicted molar refractivity (Wildman–Crippen MR) is 99.0 cm³/mol. The summed E-state index contributed by atoms with van der Waals surface area (Å²) < 4.78 is 10.2. The number of nitrogens with two attached hydrogens (primary N) is 1. The molecule has 0 bridgehead atoms. The minimum Gasteiger partial charge on any atom is -0.493 e. The van der Waals surface area contributed by atoms with Gasteiger partial charge in [0.25, 0.3) is 0 Å². The zero-order valence-electron chi connectivity index (χ0n) is 14.3. The lowest BCUT2D eigenvalue weighted by atomic mass is 10.1. The number of nitrogens with zero attached hydrogens (tertiary/aromatic N) is 5. The van der Waals surface area contributed by atoms with E-state index < -0.39 is 0 Å². The molecule has 26 heavy (non-hydrogen) atoms. The Balaban J connectivity index is 1.27. The number of aromatic nitrogens is 5. The molecule has 4 aromatic heterocycles. The highest BCUT2D eigenvalue weighted by Gasteiger charge is 2.27. The maximum atomic E-state index is 6.03. The molecule has 5 rings (SSSR count). The van der Waals surface area contributed by atoms with Gasteiger partial charge in [0.15, 0.2) is 0 Å². The Morgan fingerprint density at radius 2 is 2.08 bits per heavy atom. The van der Waals surface area contributed by atoms with Crippen LogP contribution in [0.5, 0.6) is 5.75 Å². The molecular formula is C19H20N6O. The van der Waals surface area contributed by atoms with Crippen molar-refractivity contribution in [3.63, 3.8) is 0 Å². The Hall–Kier alpha value is -3.09. The van der Waals surface area contributed by atoms with Crippen molar-refractivity contribution in [2.45, 2.75) is 25.3 Å². The molecule has 4 heterocycles. The van der Waals surface area contributed by atoms with Crippen LogP contribution in [0.15, 0.2) is 49.3 Å². The Labute approximate surface area is 150 Å². The predicted octanol–water partition coefficient (Wildman–Crippen LogP) is 3.08. The number of rotatable bonds is 4. The van der Waals surface area contributed by atoms with Gasteiger partial charge in [-0.05, 0) is 37.3 Å². The van der Waals surface area contributed by atoms with E-state index >= 15 is 0 Å². The maximum Gasteiger partial charge on any atom is 0.145 e. The highest BCUT2D eigenvalue weighted by Crippen LogP contribution is 2.37. The molecule has 132 valence electrons. The third-order valence-corrected chi connectivity index (χ3v) is 5.30. The molecule has 7 nitrogen and oxygen atoms in total. The summed E-state index contributed by atoms with van der Waals surface area (Å²) in [4.78, 5) is 12.8. The summed E-state index contributed by atoms with van der Waals surface area (Å²) in [6.45, 7) is 0.726. The van der Waals surface area contributed by atoms with Gasteiger partial charge in [-0.15, -0.1) is 0 Å². The Bertz CT molecular complexity index is 1070. The van der Waals surface area contributed by atoms with Crippen molar-refractivity contribution in [2.24, 2.45) is 5.92 Å². The average molecular weight is 348 g/mol. The standard InChI is InChI=1S/C19H20N6O/c20-18-16-4-7-25(19(16)23-12-22-18)14-2-1-13(9-14)11-26-15-3-6-24-8-5-21-17(24)10-15/h3-8,10,12-14H,1-2,9,11H2,(H2,20,22,23). The number of hydrogen-bond acceptors (Lipinski definition) is 5. The van der Waals surface area contributed by atoms with E-state index in [-0.39, 0.29) is 0 Å². The van der Waals surface area contributed by atoms with Crippen LogP contribution < -0.4 is 10.5 Å². The smallest absolute Gasteiger partial charge is 0.145 e. The lowest BCUT2D eigenvalue weighted by Crippen LogP contribution is -2.11. The van der Waals surface area contributed by atoms with Crippen molar-refractivity contribution in [2.75, 3.05) is 12.3 Å². The average Bonchev–Trinajstić information content (AvgIpc) is 3.38. The zero-order valence-corrected chi connectivity index (χ0v) is 14.3. The molecule has 0 radical (unpaired) electrons. The summed E-state index contributed by atoms with van der Waals surface area (Å²) in [6.07, 6.45) is 12.7. The molecule has 2 unspecified atom stereocenters. The van der Waals surface area contributed by atoms with E-state index in [9.17, 15) is 0 Å². The Morgan fingerprint density at radius 3 is 3.04 bits per heavy atom. The second-order valence-electron chi connectivity index (χ2n) is 6.92. The number of imidazole rings is 1. The summed E-state index contributed by atoms with van der Waals surface area (Å²) in [5, 5.41) is 0.931. The van der Waals surface area contributed by atoms with Crippen molar-refractivity contribution in [1.82, 2.24) is 23.9 Å². The lowest BCUT2D eigenvalue weighted by Gasteiger charge is -2.15. The quantitative estimate of drug-likeness (QED) is 0.613. The van der Waals surface area contributed by atoms with Gasteiger partial charge in [-0.25, -0.2) is 15.0 Å². The van der Waals surface area contributed by atoms with Gasteiger partial charge < -0.3 is 19.4 Å². The molecule has 7 heteroatoms.